The molecule has 2 saturated heterocycles. The number of aromatic nitrogens is 3. The molecule has 0 spiro atoms. The van der Waals surface area contributed by atoms with Gasteiger partial charge in [-0.2, -0.15) is 0 Å². The number of rotatable bonds is 6. The van der Waals surface area contributed by atoms with Crippen molar-refractivity contribution < 1.29 is 19.2 Å². The number of benzene rings is 1. The summed E-state index contributed by atoms with van der Waals surface area (Å²) in [7, 11) is 1.35. The van der Waals surface area contributed by atoms with Crippen molar-refractivity contribution >= 4 is 28.3 Å². The predicted molar refractivity (Wildman–Crippen MR) is 128 cm³/mol. The Morgan fingerprint density at radius 1 is 1.17 bits per heavy atom. The van der Waals surface area contributed by atoms with E-state index in [1.807, 2.05) is 23.1 Å². The number of methoxy groups -OCH3 is 1. The Bertz CT molecular complexity index is 1260. The van der Waals surface area contributed by atoms with E-state index in [1.165, 1.54) is 19.5 Å². The van der Waals surface area contributed by atoms with Crippen molar-refractivity contribution in [2.24, 2.45) is 5.92 Å². The summed E-state index contributed by atoms with van der Waals surface area (Å²) in [6.45, 7) is 2.63. The molecule has 0 aliphatic carbocycles. The van der Waals surface area contributed by atoms with Gasteiger partial charge in [0.15, 0.2) is 0 Å². The van der Waals surface area contributed by atoms with Crippen LogP contribution in [-0.4, -0.2) is 70.1 Å². The monoisotopic (exact) mass is 478 g/mol. The van der Waals surface area contributed by atoms with Crippen LogP contribution in [0.4, 0.5) is 11.5 Å². The zero-order valence-corrected chi connectivity index (χ0v) is 19.3. The van der Waals surface area contributed by atoms with E-state index in [0.29, 0.717) is 37.7 Å². The van der Waals surface area contributed by atoms with Crippen LogP contribution < -0.4 is 10.1 Å². The Kier molecular flexibility index (Phi) is 6.41. The lowest BCUT2D eigenvalue weighted by molar-refractivity contribution is -0.386. The second kappa shape index (κ2) is 9.79. The van der Waals surface area contributed by atoms with E-state index >= 15 is 0 Å². The van der Waals surface area contributed by atoms with Gasteiger partial charge in [0, 0.05) is 61.5 Å². The van der Waals surface area contributed by atoms with Gasteiger partial charge in [-0.25, -0.2) is 15.0 Å². The molecule has 4 heterocycles. The molecule has 1 amide bonds. The molecule has 182 valence electrons. The fourth-order valence-electron chi connectivity index (χ4n) is 4.71. The van der Waals surface area contributed by atoms with Crippen LogP contribution in [0.5, 0.6) is 5.88 Å². The van der Waals surface area contributed by atoms with Crippen molar-refractivity contribution in [3.05, 3.63) is 46.9 Å². The Morgan fingerprint density at radius 3 is 2.77 bits per heavy atom. The number of nitrogens with one attached hydrogen (secondary N) is 1. The van der Waals surface area contributed by atoms with Crippen LogP contribution in [0.2, 0.25) is 0 Å². The van der Waals surface area contributed by atoms with Gasteiger partial charge in [0.2, 0.25) is 5.91 Å². The second-order valence-electron chi connectivity index (χ2n) is 8.76. The Hall–Kier alpha value is -3.86. The van der Waals surface area contributed by atoms with Crippen LogP contribution in [0, 0.1) is 16.0 Å². The van der Waals surface area contributed by atoms with Gasteiger partial charge in [-0.3, -0.25) is 14.9 Å². The summed E-state index contributed by atoms with van der Waals surface area (Å²) in [5.74, 6) is 0.887. The quantitative estimate of drug-likeness (QED) is 0.419. The number of nitrogens with zero attached hydrogens (tertiary/aromatic N) is 5. The number of ether oxygens (including phenoxy) is 2. The molecular weight excluding hydrogens is 452 g/mol. The van der Waals surface area contributed by atoms with Gasteiger partial charge in [-0.05, 0) is 37.0 Å². The van der Waals surface area contributed by atoms with E-state index in [1.54, 1.807) is 6.20 Å². The topological polar surface area (TPSA) is 133 Å². The molecule has 0 unspecified atom stereocenters. The number of carbonyl (C=O) groups is 1. The number of hydrogen-bond acceptors (Lipinski definition) is 9. The summed E-state index contributed by atoms with van der Waals surface area (Å²) in [5, 5.41) is 15.7. The van der Waals surface area contributed by atoms with E-state index in [-0.39, 0.29) is 29.4 Å². The summed E-state index contributed by atoms with van der Waals surface area (Å²) in [4.78, 5) is 38.6. The maximum absolute atomic E-state index is 12.9. The van der Waals surface area contributed by atoms with Gasteiger partial charge in [0.1, 0.15) is 12.1 Å². The summed E-state index contributed by atoms with van der Waals surface area (Å²) < 4.78 is 10.4. The predicted octanol–water partition coefficient (Wildman–Crippen LogP) is 3.05. The van der Waals surface area contributed by atoms with Crippen molar-refractivity contribution in [1.82, 2.24) is 19.9 Å². The highest BCUT2D eigenvalue weighted by Crippen LogP contribution is 2.32. The molecule has 11 nitrogen and oxygen atoms in total. The fourth-order valence-corrected chi connectivity index (χ4v) is 4.71. The fraction of sp³-hybridized carbons (Fsp3) is 0.417. The molecule has 0 radical (unpaired) electrons. The average molecular weight is 479 g/mol. The highest BCUT2D eigenvalue weighted by molar-refractivity contribution is 5.92. The SMILES string of the molecule is COc1ncc(-c2ccc3ncnc(N[C@H]4CCN(C(=O)C5CCOCC5)C4)c3c2)cc1[N+](=O)[O-]. The molecule has 2 aromatic heterocycles. The summed E-state index contributed by atoms with van der Waals surface area (Å²) in [6.07, 6.45) is 5.44. The van der Waals surface area contributed by atoms with Gasteiger partial charge in [0.25, 0.3) is 5.88 Å². The standard InChI is InChI=1S/C24H26N6O5/c1-34-23-21(30(32)33)11-17(12-25-23)16-2-3-20-19(10-16)22(27-14-26-20)28-18-4-7-29(13-18)24(31)15-5-8-35-9-6-15/h2-3,10-12,14-15,18H,4-9,13H2,1H3,(H,26,27,28)/t18-/m0/s1. The molecule has 1 N–H and O–H groups in total. The molecule has 1 atom stereocenters. The first-order valence-electron chi connectivity index (χ1n) is 11.6. The van der Waals surface area contributed by atoms with Crippen LogP contribution in [-0.2, 0) is 9.53 Å². The molecule has 35 heavy (non-hydrogen) atoms. The Morgan fingerprint density at radius 2 is 2.00 bits per heavy atom. The Labute approximate surface area is 201 Å². The molecule has 2 aliphatic heterocycles. The average Bonchev–Trinajstić information content (AvgIpc) is 3.36. The number of fused-ring (bicyclic) bond motifs is 1. The third kappa shape index (κ3) is 4.72. The molecule has 3 aromatic rings. The maximum Gasteiger partial charge on any atom is 0.331 e. The number of pyridine rings is 1. The lowest BCUT2D eigenvalue weighted by Crippen LogP contribution is -2.38. The first kappa shape index (κ1) is 22.9. The van der Waals surface area contributed by atoms with Crippen LogP contribution >= 0.6 is 0 Å². The zero-order chi connectivity index (χ0) is 24.4. The van der Waals surface area contributed by atoms with Gasteiger partial charge < -0.3 is 19.7 Å². The summed E-state index contributed by atoms with van der Waals surface area (Å²) in [5.41, 5.74) is 1.88. The third-order valence-electron chi connectivity index (χ3n) is 6.60. The molecular formula is C24H26N6O5. The number of likely N-dealkylation sites (tertiary alicyclic amines) is 1. The molecule has 0 bridgehead atoms. The first-order valence-corrected chi connectivity index (χ1v) is 11.6. The van der Waals surface area contributed by atoms with Crippen molar-refractivity contribution in [2.45, 2.75) is 25.3 Å². The molecule has 0 saturated carbocycles. The van der Waals surface area contributed by atoms with Crippen molar-refractivity contribution in [1.29, 1.82) is 0 Å². The lowest BCUT2D eigenvalue weighted by Gasteiger charge is -2.26. The van der Waals surface area contributed by atoms with E-state index in [0.717, 1.165) is 35.7 Å². The number of carbonyl (C=O) groups excluding carboxylic acids is 1. The Balaban J connectivity index is 1.37. The van der Waals surface area contributed by atoms with Crippen LogP contribution in [0.1, 0.15) is 19.3 Å². The van der Waals surface area contributed by atoms with E-state index in [9.17, 15) is 14.9 Å². The molecule has 1 aromatic carbocycles. The van der Waals surface area contributed by atoms with Crippen LogP contribution in [0.25, 0.3) is 22.0 Å². The molecule has 2 aliphatic rings. The molecule has 11 heteroatoms. The van der Waals surface area contributed by atoms with Gasteiger partial charge in [-0.1, -0.05) is 6.07 Å². The van der Waals surface area contributed by atoms with Crippen molar-refractivity contribution in [3.63, 3.8) is 0 Å². The third-order valence-corrected chi connectivity index (χ3v) is 6.60. The largest absolute Gasteiger partial charge is 0.476 e. The minimum Gasteiger partial charge on any atom is -0.476 e. The normalized spacial score (nSPS) is 18.5. The number of amides is 1. The minimum absolute atomic E-state index is 0.0358. The van der Waals surface area contributed by atoms with E-state index in [4.69, 9.17) is 9.47 Å². The van der Waals surface area contributed by atoms with Gasteiger partial charge >= 0.3 is 5.69 Å². The highest BCUT2D eigenvalue weighted by Gasteiger charge is 2.32. The number of nitro groups is 1. The van der Waals surface area contributed by atoms with Crippen LogP contribution in [0.15, 0.2) is 36.8 Å². The lowest BCUT2D eigenvalue weighted by atomic mass is 9.99. The van der Waals surface area contributed by atoms with Gasteiger partial charge in [-0.15, -0.1) is 0 Å². The van der Waals surface area contributed by atoms with E-state index in [2.05, 4.69) is 20.3 Å². The zero-order valence-electron chi connectivity index (χ0n) is 19.3. The first-order chi connectivity index (χ1) is 17.0. The summed E-state index contributed by atoms with van der Waals surface area (Å²) >= 11 is 0. The maximum atomic E-state index is 12.9. The molecule has 5 rings (SSSR count). The highest BCUT2D eigenvalue weighted by atomic mass is 16.6. The second-order valence-corrected chi connectivity index (χ2v) is 8.76. The van der Waals surface area contributed by atoms with E-state index < -0.39 is 4.92 Å². The molecule has 2 fully saturated rings. The minimum atomic E-state index is -0.514. The number of anilines is 1. The van der Waals surface area contributed by atoms with Crippen molar-refractivity contribution in [2.75, 3.05) is 38.7 Å². The smallest absolute Gasteiger partial charge is 0.331 e. The van der Waals surface area contributed by atoms with Crippen LogP contribution in [0.3, 0.4) is 0 Å². The van der Waals surface area contributed by atoms with Gasteiger partial charge in [0.05, 0.1) is 17.5 Å². The summed E-state index contributed by atoms with van der Waals surface area (Å²) in [6, 6.07) is 7.11. The van der Waals surface area contributed by atoms with Crippen molar-refractivity contribution in [3.8, 4) is 17.0 Å². The number of hydrogen-bond donors (Lipinski definition) is 1.